The van der Waals surface area contributed by atoms with Gasteiger partial charge in [0.05, 0.1) is 12.1 Å². The topological polar surface area (TPSA) is 69.9 Å². The molecule has 0 amide bonds. The first-order chi connectivity index (χ1) is 6.16. The lowest BCUT2D eigenvalue weighted by Gasteiger charge is -2.03. The third kappa shape index (κ3) is 1.83. The molecule has 1 aromatic rings. The molecule has 0 atom stereocenters. The molecular weight excluding hydrogens is 177 g/mol. The highest BCUT2D eigenvalue weighted by Crippen LogP contribution is 2.30. The van der Waals surface area contributed by atoms with Gasteiger partial charge in [0.15, 0.2) is 11.5 Å². The van der Waals surface area contributed by atoms with Gasteiger partial charge in [-0.1, -0.05) is 0 Å². The van der Waals surface area contributed by atoms with Gasteiger partial charge in [-0.3, -0.25) is 0 Å². The summed E-state index contributed by atoms with van der Waals surface area (Å²) in [5.41, 5.74) is -0.219. The van der Waals surface area contributed by atoms with Gasteiger partial charge in [-0.15, -0.1) is 0 Å². The molecule has 0 aliphatic rings. The summed E-state index contributed by atoms with van der Waals surface area (Å²) >= 11 is 0. The lowest BCUT2D eigenvalue weighted by atomic mass is 10.2. The zero-order chi connectivity index (χ0) is 9.84. The van der Waals surface area contributed by atoms with Gasteiger partial charge in [0.25, 0.3) is 0 Å². The molecule has 0 aliphatic carbocycles. The third-order valence-electron chi connectivity index (χ3n) is 1.51. The number of rotatable bonds is 2. The van der Waals surface area contributed by atoms with E-state index >= 15 is 0 Å². The van der Waals surface area contributed by atoms with Gasteiger partial charge in [-0.2, -0.15) is 0 Å². The maximum absolute atomic E-state index is 12.9. The van der Waals surface area contributed by atoms with Crippen molar-refractivity contribution >= 4 is 6.08 Å². The molecule has 0 heterocycles. The highest BCUT2D eigenvalue weighted by atomic mass is 19.1. The molecule has 2 N–H and O–H groups in total. The van der Waals surface area contributed by atoms with Crippen molar-refractivity contribution in [3.8, 4) is 11.5 Å². The Hall–Kier alpha value is -1.87. The van der Waals surface area contributed by atoms with Gasteiger partial charge >= 0.3 is 0 Å². The van der Waals surface area contributed by atoms with E-state index in [1.165, 1.54) is 6.08 Å². The highest BCUT2D eigenvalue weighted by Gasteiger charge is 2.11. The van der Waals surface area contributed by atoms with Crippen LogP contribution in [0, 0.1) is 5.82 Å². The zero-order valence-electron chi connectivity index (χ0n) is 6.49. The Morgan fingerprint density at radius 1 is 1.46 bits per heavy atom. The van der Waals surface area contributed by atoms with Gasteiger partial charge in [0.2, 0.25) is 6.08 Å². The van der Waals surface area contributed by atoms with Crippen LogP contribution in [0.25, 0.3) is 0 Å². The summed E-state index contributed by atoms with van der Waals surface area (Å²) in [4.78, 5) is 12.8. The summed E-state index contributed by atoms with van der Waals surface area (Å²) in [5.74, 6) is -1.77. The Balaban J connectivity index is 3.16. The molecule has 0 aromatic heterocycles. The van der Waals surface area contributed by atoms with E-state index in [9.17, 15) is 9.18 Å². The van der Waals surface area contributed by atoms with Crippen molar-refractivity contribution < 1.29 is 19.4 Å². The van der Waals surface area contributed by atoms with Crippen molar-refractivity contribution in [1.29, 1.82) is 0 Å². The maximum Gasteiger partial charge on any atom is 0.235 e. The Morgan fingerprint density at radius 3 is 2.77 bits per heavy atom. The normalized spacial score (nSPS) is 9.31. The lowest BCUT2D eigenvalue weighted by molar-refractivity contribution is 0.394. The molecule has 0 spiro atoms. The van der Waals surface area contributed by atoms with E-state index in [0.717, 1.165) is 12.1 Å². The summed E-state index contributed by atoms with van der Waals surface area (Å²) in [6.07, 6.45) is 1.21. The fourth-order valence-corrected chi connectivity index (χ4v) is 0.861. The second-order valence-electron chi connectivity index (χ2n) is 2.30. The number of aromatic hydroxyl groups is 2. The molecule has 0 bridgehead atoms. The molecule has 5 heteroatoms. The summed E-state index contributed by atoms with van der Waals surface area (Å²) in [7, 11) is 0. The minimum absolute atomic E-state index is 0.219. The standard InChI is InChI=1S/C8H6FNO3/c9-6-1-2-7(12)8(13)5(6)3-10-4-11/h1-2,12-13H,3H2. The van der Waals surface area contributed by atoms with Crippen LogP contribution < -0.4 is 0 Å². The first-order valence-electron chi connectivity index (χ1n) is 3.39. The number of benzene rings is 1. The van der Waals surface area contributed by atoms with Crippen molar-refractivity contribution in [2.24, 2.45) is 4.99 Å². The number of hydrogen-bond donors (Lipinski definition) is 2. The van der Waals surface area contributed by atoms with Crippen molar-refractivity contribution in [3.05, 3.63) is 23.5 Å². The van der Waals surface area contributed by atoms with Crippen molar-refractivity contribution in [2.75, 3.05) is 0 Å². The van der Waals surface area contributed by atoms with Gasteiger partial charge in [0.1, 0.15) is 5.82 Å². The number of nitrogens with zero attached hydrogens (tertiary/aromatic N) is 1. The molecule has 0 radical (unpaired) electrons. The Bertz CT molecular complexity index is 372. The van der Waals surface area contributed by atoms with Crippen LogP contribution >= 0.6 is 0 Å². The van der Waals surface area contributed by atoms with Gasteiger partial charge in [-0.25, -0.2) is 14.2 Å². The average molecular weight is 183 g/mol. The molecule has 0 unspecified atom stereocenters. The summed E-state index contributed by atoms with van der Waals surface area (Å²) < 4.78 is 12.9. The Kier molecular flexibility index (Phi) is 2.62. The summed E-state index contributed by atoms with van der Waals surface area (Å²) in [6.45, 7) is -0.338. The third-order valence-corrected chi connectivity index (χ3v) is 1.51. The van der Waals surface area contributed by atoms with Crippen molar-refractivity contribution in [3.63, 3.8) is 0 Å². The van der Waals surface area contributed by atoms with Crippen LogP contribution in [0.5, 0.6) is 11.5 Å². The quantitative estimate of drug-likeness (QED) is 0.409. The number of halogens is 1. The van der Waals surface area contributed by atoms with Crippen molar-refractivity contribution in [2.45, 2.75) is 6.54 Å². The number of isocyanates is 1. The Morgan fingerprint density at radius 2 is 2.15 bits per heavy atom. The molecule has 0 saturated carbocycles. The number of hydrogen-bond acceptors (Lipinski definition) is 4. The molecule has 13 heavy (non-hydrogen) atoms. The van der Waals surface area contributed by atoms with Crippen LogP contribution in [0.3, 0.4) is 0 Å². The van der Waals surface area contributed by atoms with E-state index in [1.807, 2.05) is 0 Å². The number of phenols is 2. The van der Waals surface area contributed by atoms with Crippen LogP contribution in [-0.4, -0.2) is 16.3 Å². The molecule has 4 nitrogen and oxygen atoms in total. The largest absolute Gasteiger partial charge is 0.504 e. The molecule has 1 rings (SSSR count). The number of carbonyl (C=O) groups excluding carboxylic acids is 1. The molecule has 0 fully saturated rings. The number of phenolic OH excluding ortho intramolecular Hbond substituents is 2. The molecule has 0 saturated heterocycles. The molecule has 68 valence electrons. The monoisotopic (exact) mass is 183 g/mol. The predicted octanol–water partition coefficient (Wildman–Crippen LogP) is 1.07. The zero-order valence-corrected chi connectivity index (χ0v) is 6.49. The van der Waals surface area contributed by atoms with E-state index in [-0.39, 0.29) is 12.1 Å². The van der Waals surface area contributed by atoms with E-state index < -0.39 is 17.3 Å². The van der Waals surface area contributed by atoms with E-state index in [0.29, 0.717) is 0 Å². The fourth-order valence-electron chi connectivity index (χ4n) is 0.861. The first kappa shape index (κ1) is 9.22. The second-order valence-corrected chi connectivity index (χ2v) is 2.30. The van der Waals surface area contributed by atoms with E-state index in [2.05, 4.69) is 4.99 Å². The first-order valence-corrected chi connectivity index (χ1v) is 3.39. The SMILES string of the molecule is O=C=NCc1c(F)ccc(O)c1O. The van der Waals surface area contributed by atoms with Crippen LogP contribution in [0.15, 0.2) is 17.1 Å². The molecular formula is C8H6FNO3. The minimum atomic E-state index is -0.727. The predicted molar refractivity (Wildman–Crippen MR) is 41.6 cm³/mol. The van der Waals surface area contributed by atoms with Crippen LogP contribution in [0.4, 0.5) is 4.39 Å². The van der Waals surface area contributed by atoms with E-state index in [1.54, 1.807) is 0 Å². The van der Waals surface area contributed by atoms with E-state index in [4.69, 9.17) is 10.2 Å². The smallest absolute Gasteiger partial charge is 0.235 e. The lowest BCUT2D eigenvalue weighted by Crippen LogP contribution is -1.89. The minimum Gasteiger partial charge on any atom is -0.504 e. The summed E-state index contributed by atoms with van der Waals surface area (Å²) in [6, 6.07) is 1.99. The van der Waals surface area contributed by atoms with Crippen LogP contribution in [0.2, 0.25) is 0 Å². The molecule has 0 aliphatic heterocycles. The van der Waals surface area contributed by atoms with Gasteiger partial charge in [-0.05, 0) is 12.1 Å². The van der Waals surface area contributed by atoms with Crippen LogP contribution in [0.1, 0.15) is 5.56 Å². The van der Waals surface area contributed by atoms with Gasteiger partial charge < -0.3 is 10.2 Å². The number of aliphatic imine (C=N–C) groups is 1. The summed E-state index contributed by atoms with van der Waals surface area (Å²) in [5, 5.41) is 18.1. The fraction of sp³-hybridized carbons (Fsp3) is 0.125. The molecule has 1 aromatic carbocycles. The highest BCUT2D eigenvalue weighted by molar-refractivity contribution is 5.46. The average Bonchev–Trinajstić information content (AvgIpc) is 2.12. The second kappa shape index (κ2) is 3.69. The Labute approximate surface area is 73.0 Å². The van der Waals surface area contributed by atoms with Crippen LogP contribution in [-0.2, 0) is 11.3 Å². The van der Waals surface area contributed by atoms with Crippen molar-refractivity contribution in [1.82, 2.24) is 0 Å². The van der Waals surface area contributed by atoms with Gasteiger partial charge in [0, 0.05) is 0 Å². The maximum atomic E-state index is 12.9.